The highest BCUT2D eigenvalue weighted by Crippen LogP contribution is 2.34. The standard InChI is InChI=1S/C22H23ClN4O5S2/c1-32-20(28)14-27(34(30,31)21-12-15-2-3-16(23)13-19(15)33-21)18-6-10-26(22(18)29)11-9-25-17-4-7-24-8-5-17/h2-5,7-8,12-13,18H,6,9-11,14H2,1H3,(H,24,25). The lowest BCUT2D eigenvalue weighted by Gasteiger charge is -2.26. The van der Waals surface area contributed by atoms with E-state index < -0.39 is 28.6 Å². The molecule has 3 aromatic rings. The highest BCUT2D eigenvalue weighted by atomic mass is 35.5. The molecular weight excluding hydrogens is 500 g/mol. The number of rotatable bonds is 9. The smallest absolute Gasteiger partial charge is 0.321 e. The fourth-order valence-corrected chi connectivity index (χ4v) is 7.16. The van der Waals surface area contributed by atoms with E-state index in [2.05, 4.69) is 10.3 Å². The molecule has 0 saturated carbocycles. The summed E-state index contributed by atoms with van der Waals surface area (Å²) in [6, 6.07) is 9.27. The SMILES string of the molecule is COC(=O)CN(C1CCN(CCNc2ccncc2)C1=O)S(=O)(=O)c1cc2ccc(Cl)cc2s1. The molecule has 1 aliphatic heterocycles. The predicted octanol–water partition coefficient (Wildman–Crippen LogP) is 2.83. The van der Waals surface area contributed by atoms with Gasteiger partial charge >= 0.3 is 5.97 Å². The van der Waals surface area contributed by atoms with E-state index in [0.717, 1.165) is 21.3 Å². The van der Waals surface area contributed by atoms with Crippen LogP contribution in [0.25, 0.3) is 10.1 Å². The number of halogens is 1. The minimum Gasteiger partial charge on any atom is -0.468 e. The van der Waals surface area contributed by atoms with Gasteiger partial charge in [0.15, 0.2) is 0 Å². The topological polar surface area (TPSA) is 109 Å². The van der Waals surface area contributed by atoms with Crippen LogP contribution in [-0.4, -0.2) is 73.8 Å². The maximum atomic E-state index is 13.6. The molecule has 3 heterocycles. The lowest BCUT2D eigenvalue weighted by molar-refractivity contribution is -0.141. The Bertz CT molecular complexity index is 1300. The van der Waals surface area contributed by atoms with Gasteiger partial charge in [-0.2, -0.15) is 4.31 Å². The lowest BCUT2D eigenvalue weighted by Crippen LogP contribution is -2.47. The number of hydrogen-bond donors (Lipinski definition) is 1. The number of aromatic nitrogens is 1. The van der Waals surface area contributed by atoms with Crippen molar-refractivity contribution in [2.75, 3.05) is 38.6 Å². The number of pyridine rings is 1. The van der Waals surface area contributed by atoms with Crippen LogP contribution in [0, 0.1) is 0 Å². The van der Waals surface area contributed by atoms with E-state index in [1.807, 2.05) is 12.1 Å². The zero-order valence-corrected chi connectivity index (χ0v) is 20.7. The van der Waals surface area contributed by atoms with Gasteiger partial charge in [0.25, 0.3) is 10.0 Å². The quantitative estimate of drug-likeness (QED) is 0.430. The number of sulfonamides is 1. The summed E-state index contributed by atoms with van der Waals surface area (Å²) in [4.78, 5) is 30.8. The molecule has 0 aliphatic carbocycles. The number of thiophene rings is 1. The largest absolute Gasteiger partial charge is 0.468 e. The van der Waals surface area contributed by atoms with Gasteiger partial charge in [0, 0.05) is 47.4 Å². The van der Waals surface area contributed by atoms with Gasteiger partial charge in [-0.15, -0.1) is 11.3 Å². The molecule has 1 N–H and O–H groups in total. The van der Waals surface area contributed by atoms with Gasteiger partial charge in [-0.05, 0) is 42.1 Å². The van der Waals surface area contributed by atoms with Crippen molar-refractivity contribution >= 4 is 60.6 Å². The molecule has 0 bridgehead atoms. The fourth-order valence-electron chi connectivity index (χ4n) is 3.79. The van der Waals surface area contributed by atoms with Crippen LogP contribution in [0.2, 0.25) is 5.02 Å². The number of ether oxygens (including phenoxy) is 1. The Morgan fingerprint density at radius 3 is 2.79 bits per heavy atom. The van der Waals surface area contributed by atoms with Crippen molar-refractivity contribution in [2.45, 2.75) is 16.7 Å². The summed E-state index contributed by atoms with van der Waals surface area (Å²) in [7, 11) is -2.96. The Kier molecular flexibility index (Phi) is 7.36. The number of carbonyl (C=O) groups excluding carboxylic acids is 2. The molecule has 1 aliphatic rings. The number of carbonyl (C=O) groups is 2. The van der Waals surface area contributed by atoms with Gasteiger partial charge in [0.05, 0.1) is 7.11 Å². The molecule has 1 atom stereocenters. The van der Waals surface area contributed by atoms with Crippen LogP contribution in [0.1, 0.15) is 6.42 Å². The normalized spacial score (nSPS) is 16.4. The Hall–Kier alpha value is -2.73. The van der Waals surface area contributed by atoms with Crippen LogP contribution in [-0.2, 0) is 24.3 Å². The summed E-state index contributed by atoms with van der Waals surface area (Å²) in [5.41, 5.74) is 0.873. The summed E-state index contributed by atoms with van der Waals surface area (Å²) in [6.45, 7) is 0.721. The summed E-state index contributed by atoms with van der Waals surface area (Å²) in [6.07, 6.45) is 3.61. The van der Waals surface area contributed by atoms with Gasteiger partial charge in [0.1, 0.15) is 16.8 Å². The molecular formula is C22H23ClN4O5S2. The van der Waals surface area contributed by atoms with E-state index in [1.54, 1.807) is 35.5 Å². The van der Waals surface area contributed by atoms with Crippen molar-refractivity contribution in [3.8, 4) is 0 Å². The third kappa shape index (κ3) is 5.17. The van der Waals surface area contributed by atoms with E-state index in [1.165, 1.54) is 13.2 Å². The Balaban J connectivity index is 1.54. The highest BCUT2D eigenvalue weighted by molar-refractivity contribution is 7.91. The van der Waals surface area contributed by atoms with Crippen LogP contribution < -0.4 is 5.32 Å². The minimum absolute atomic E-state index is 0.0410. The van der Waals surface area contributed by atoms with Crippen LogP contribution in [0.15, 0.2) is 53.0 Å². The Morgan fingerprint density at radius 2 is 2.06 bits per heavy atom. The van der Waals surface area contributed by atoms with Crippen LogP contribution in [0.3, 0.4) is 0 Å². The molecule has 1 amide bonds. The van der Waals surface area contributed by atoms with Gasteiger partial charge in [-0.3, -0.25) is 14.6 Å². The number of anilines is 1. The van der Waals surface area contributed by atoms with E-state index in [0.29, 0.717) is 34.7 Å². The molecule has 2 aromatic heterocycles. The number of benzene rings is 1. The van der Waals surface area contributed by atoms with Crippen molar-refractivity contribution in [3.05, 3.63) is 53.8 Å². The average Bonchev–Trinajstić information content (AvgIpc) is 3.41. The van der Waals surface area contributed by atoms with Gasteiger partial charge in [-0.25, -0.2) is 8.42 Å². The van der Waals surface area contributed by atoms with Crippen LogP contribution in [0.4, 0.5) is 5.69 Å². The number of nitrogens with zero attached hydrogens (tertiary/aromatic N) is 3. The molecule has 34 heavy (non-hydrogen) atoms. The molecule has 9 nitrogen and oxygen atoms in total. The number of methoxy groups -OCH3 is 1. The van der Waals surface area contributed by atoms with Gasteiger partial charge in [-0.1, -0.05) is 17.7 Å². The third-order valence-electron chi connectivity index (χ3n) is 5.54. The number of hydrogen-bond acceptors (Lipinski definition) is 8. The molecule has 0 spiro atoms. The molecule has 1 unspecified atom stereocenters. The van der Waals surface area contributed by atoms with Gasteiger partial charge in [0.2, 0.25) is 5.91 Å². The molecule has 12 heteroatoms. The molecule has 1 saturated heterocycles. The van der Waals surface area contributed by atoms with Crippen LogP contribution >= 0.6 is 22.9 Å². The number of fused-ring (bicyclic) bond motifs is 1. The summed E-state index contributed by atoms with van der Waals surface area (Å²) in [5, 5.41) is 4.41. The molecule has 1 aromatic carbocycles. The zero-order chi connectivity index (χ0) is 24.3. The van der Waals surface area contributed by atoms with E-state index in [-0.39, 0.29) is 16.5 Å². The number of likely N-dealkylation sites (tertiary alicyclic amines) is 1. The second-order valence-electron chi connectivity index (χ2n) is 7.67. The first-order chi connectivity index (χ1) is 16.3. The van der Waals surface area contributed by atoms with Crippen molar-refractivity contribution in [1.29, 1.82) is 0 Å². The zero-order valence-electron chi connectivity index (χ0n) is 18.3. The first kappa shape index (κ1) is 24.4. The summed E-state index contributed by atoms with van der Waals surface area (Å²) in [5.74, 6) is -1.08. The monoisotopic (exact) mass is 522 g/mol. The first-order valence-corrected chi connectivity index (χ1v) is 13.1. The maximum absolute atomic E-state index is 13.6. The van der Waals surface area contributed by atoms with Gasteiger partial charge < -0.3 is 15.0 Å². The number of esters is 1. The van der Waals surface area contributed by atoms with E-state index >= 15 is 0 Å². The Morgan fingerprint density at radius 1 is 1.29 bits per heavy atom. The highest BCUT2D eigenvalue weighted by Gasteiger charge is 2.43. The summed E-state index contributed by atoms with van der Waals surface area (Å²) < 4.78 is 33.6. The summed E-state index contributed by atoms with van der Waals surface area (Å²) >= 11 is 7.09. The van der Waals surface area contributed by atoms with E-state index in [4.69, 9.17) is 16.3 Å². The number of nitrogens with one attached hydrogen (secondary N) is 1. The number of amides is 1. The maximum Gasteiger partial charge on any atom is 0.321 e. The predicted molar refractivity (Wildman–Crippen MR) is 130 cm³/mol. The lowest BCUT2D eigenvalue weighted by atomic mass is 10.2. The third-order valence-corrected chi connectivity index (χ3v) is 9.18. The molecule has 4 rings (SSSR count). The van der Waals surface area contributed by atoms with Crippen molar-refractivity contribution in [1.82, 2.24) is 14.2 Å². The van der Waals surface area contributed by atoms with Crippen molar-refractivity contribution < 1.29 is 22.7 Å². The second-order valence-corrected chi connectivity index (χ2v) is 11.3. The molecule has 0 radical (unpaired) electrons. The fraction of sp³-hybridized carbons (Fsp3) is 0.318. The van der Waals surface area contributed by atoms with Crippen molar-refractivity contribution in [2.24, 2.45) is 0 Å². The van der Waals surface area contributed by atoms with Crippen LogP contribution in [0.5, 0.6) is 0 Å². The van der Waals surface area contributed by atoms with Crippen molar-refractivity contribution in [3.63, 3.8) is 0 Å². The average molecular weight is 523 g/mol. The minimum atomic E-state index is -4.15. The second kappa shape index (κ2) is 10.3. The van der Waals surface area contributed by atoms with E-state index in [9.17, 15) is 18.0 Å². The molecule has 1 fully saturated rings. The molecule has 180 valence electrons. The Labute approximate surface area is 206 Å². The first-order valence-electron chi connectivity index (χ1n) is 10.5.